The van der Waals surface area contributed by atoms with Gasteiger partial charge in [-0.2, -0.15) is 0 Å². The van der Waals surface area contributed by atoms with Crippen LogP contribution in [0.25, 0.3) is 0 Å². The molecule has 1 amide bonds. The van der Waals surface area contributed by atoms with Crippen LogP contribution in [-0.2, 0) is 14.3 Å². The third kappa shape index (κ3) is 2.16. The van der Waals surface area contributed by atoms with Crippen molar-refractivity contribution in [3.63, 3.8) is 0 Å². The zero-order valence-electron chi connectivity index (χ0n) is 9.65. The molecule has 2 saturated heterocycles. The number of rotatable bonds is 1. The summed E-state index contributed by atoms with van der Waals surface area (Å²) in [6, 6.07) is -0.668. The molecule has 98 valence electrons. The molecule has 0 spiro atoms. The molecular weight excluding hydrogens is 228 g/mol. The second kappa shape index (κ2) is 4.87. The van der Waals surface area contributed by atoms with Crippen LogP contribution in [0.4, 0.5) is 0 Å². The molecule has 7 nitrogen and oxygen atoms in total. The van der Waals surface area contributed by atoms with Gasteiger partial charge in [0.2, 0.25) is 5.91 Å². The molecule has 7 heteroatoms. The van der Waals surface area contributed by atoms with Crippen molar-refractivity contribution in [3.8, 4) is 0 Å². The Morgan fingerprint density at radius 2 is 2.18 bits per heavy atom. The number of aliphatic hydroxyl groups excluding tert-OH is 2. The Morgan fingerprint density at radius 1 is 1.47 bits per heavy atom. The van der Waals surface area contributed by atoms with Gasteiger partial charge in [0.15, 0.2) is 6.29 Å². The van der Waals surface area contributed by atoms with Crippen molar-refractivity contribution in [2.24, 2.45) is 5.73 Å². The largest absolute Gasteiger partial charge is 0.388 e. The smallest absolute Gasteiger partial charge is 0.220 e. The Kier molecular flexibility index (Phi) is 3.64. The highest BCUT2D eigenvalue weighted by Crippen LogP contribution is 2.28. The molecule has 0 radical (unpaired) electrons. The van der Waals surface area contributed by atoms with Crippen LogP contribution in [0.1, 0.15) is 6.92 Å². The fourth-order valence-electron chi connectivity index (χ4n) is 2.36. The van der Waals surface area contributed by atoms with Gasteiger partial charge in [-0.3, -0.25) is 4.79 Å². The number of fused-ring (bicyclic) bond motifs is 1. The number of hydrogen-bond acceptors (Lipinski definition) is 6. The number of morpholine rings is 1. The lowest BCUT2D eigenvalue weighted by Crippen LogP contribution is -2.68. The van der Waals surface area contributed by atoms with Crippen molar-refractivity contribution in [1.29, 1.82) is 0 Å². The normalized spacial score (nSPS) is 42.1. The van der Waals surface area contributed by atoms with Crippen LogP contribution in [-0.4, -0.2) is 71.4 Å². The predicted octanol–water partition coefficient (Wildman–Crippen LogP) is -2.36. The zero-order chi connectivity index (χ0) is 12.6. The molecule has 5 atom stereocenters. The minimum absolute atomic E-state index is 0.0882. The maximum absolute atomic E-state index is 11.5. The molecule has 0 aliphatic carbocycles. The van der Waals surface area contributed by atoms with Crippen molar-refractivity contribution >= 4 is 5.91 Å². The number of hydrogen-bond donors (Lipinski definition) is 3. The van der Waals surface area contributed by atoms with E-state index in [1.807, 2.05) is 0 Å². The maximum Gasteiger partial charge on any atom is 0.220 e. The van der Waals surface area contributed by atoms with E-state index in [2.05, 4.69) is 0 Å². The summed E-state index contributed by atoms with van der Waals surface area (Å²) in [5, 5.41) is 19.9. The van der Waals surface area contributed by atoms with E-state index in [4.69, 9.17) is 15.2 Å². The van der Waals surface area contributed by atoms with Gasteiger partial charge in [-0.05, 0) is 0 Å². The maximum atomic E-state index is 11.5. The first kappa shape index (κ1) is 12.7. The molecule has 4 N–H and O–H groups in total. The molecule has 2 heterocycles. The van der Waals surface area contributed by atoms with Crippen molar-refractivity contribution in [2.45, 2.75) is 37.6 Å². The summed E-state index contributed by atoms with van der Waals surface area (Å²) < 4.78 is 10.8. The van der Waals surface area contributed by atoms with E-state index in [-0.39, 0.29) is 12.5 Å². The topological polar surface area (TPSA) is 105 Å². The first-order valence-corrected chi connectivity index (χ1v) is 5.66. The van der Waals surface area contributed by atoms with Gasteiger partial charge < -0.3 is 30.3 Å². The first-order valence-electron chi connectivity index (χ1n) is 5.66. The van der Waals surface area contributed by atoms with Crippen LogP contribution in [0.2, 0.25) is 0 Å². The third-order valence-electron chi connectivity index (χ3n) is 3.28. The first-order chi connectivity index (χ1) is 8.06. The van der Waals surface area contributed by atoms with Gasteiger partial charge in [0.25, 0.3) is 0 Å². The fraction of sp³-hybridized carbons (Fsp3) is 0.900. The van der Waals surface area contributed by atoms with Gasteiger partial charge in [-0.15, -0.1) is 0 Å². The van der Waals surface area contributed by atoms with Crippen molar-refractivity contribution in [3.05, 3.63) is 0 Å². The van der Waals surface area contributed by atoms with Crippen LogP contribution in [0, 0.1) is 0 Å². The lowest BCUT2D eigenvalue weighted by Gasteiger charge is -2.49. The summed E-state index contributed by atoms with van der Waals surface area (Å²) in [7, 11) is 0. The summed E-state index contributed by atoms with van der Waals surface area (Å²) in [5.74, 6) is -0.177. The summed E-state index contributed by atoms with van der Waals surface area (Å²) >= 11 is 0. The van der Waals surface area contributed by atoms with Crippen LogP contribution < -0.4 is 5.73 Å². The molecule has 17 heavy (non-hydrogen) atoms. The van der Waals surface area contributed by atoms with E-state index in [0.29, 0.717) is 13.2 Å². The number of ether oxygens (including phenoxy) is 2. The number of aliphatic hydroxyl groups is 2. The number of nitrogens with zero attached hydrogens (tertiary/aromatic N) is 1. The monoisotopic (exact) mass is 246 g/mol. The van der Waals surface area contributed by atoms with E-state index in [1.165, 1.54) is 11.8 Å². The van der Waals surface area contributed by atoms with Gasteiger partial charge in [0.1, 0.15) is 24.4 Å². The quantitative estimate of drug-likeness (QED) is 0.478. The molecule has 0 bridgehead atoms. The Labute approximate surface area is 99.1 Å². The SMILES string of the molecule is CC(=O)N1CCO[C@H]2O[C@H](CN)[C@H](O)[C@H](O)[C@H]21. The van der Waals surface area contributed by atoms with E-state index in [0.717, 1.165) is 0 Å². The average Bonchev–Trinajstić information content (AvgIpc) is 2.32. The molecule has 2 aliphatic heterocycles. The van der Waals surface area contributed by atoms with E-state index in [1.54, 1.807) is 0 Å². The summed E-state index contributed by atoms with van der Waals surface area (Å²) in [6.45, 7) is 2.24. The van der Waals surface area contributed by atoms with Crippen LogP contribution in [0.5, 0.6) is 0 Å². The number of nitrogens with two attached hydrogens (primary N) is 1. The summed E-state index contributed by atoms with van der Waals surface area (Å²) in [6.07, 6.45) is -3.60. The molecule has 0 unspecified atom stereocenters. The summed E-state index contributed by atoms with van der Waals surface area (Å²) in [4.78, 5) is 12.9. The molecule has 2 fully saturated rings. The minimum atomic E-state index is -1.11. The lowest BCUT2D eigenvalue weighted by atomic mass is 9.94. The molecule has 0 aromatic heterocycles. The Bertz CT molecular complexity index is 298. The Balaban J connectivity index is 2.19. The molecule has 2 aliphatic rings. The van der Waals surface area contributed by atoms with E-state index in [9.17, 15) is 15.0 Å². The number of carbonyl (C=O) groups excluding carboxylic acids is 1. The van der Waals surface area contributed by atoms with Crippen LogP contribution in [0.15, 0.2) is 0 Å². The third-order valence-corrected chi connectivity index (χ3v) is 3.28. The van der Waals surface area contributed by atoms with E-state index >= 15 is 0 Å². The zero-order valence-corrected chi connectivity index (χ0v) is 9.65. The van der Waals surface area contributed by atoms with Crippen molar-refractivity contribution in [2.75, 3.05) is 19.7 Å². The predicted molar refractivity (Wildman–Crippen MR) is 56.9 cm³/mol. The standard InChI is InChI=1S/C10H18N2O5/c1-5(13)12-2-3-16-10-7(12)9(15)8(14)6(4-11)17-10/h6-10,14-15H,2-4,11H2,1H3/t6-,7-,8+,9-,10+/m1/s1. The second-order valence-electron chi connectivity index (χ2n) is 4.33. The molecule has 2 rings (SSSR count). The number of amides is 1. The number of carbonyl (C=O) groups is 1. The van der Waals surface area contributed by atoms with Gasteiger partial charge in [0, 0.05) is 20.0 Å². The molecular formula is C10H18N2O5. The van der Waals surface area contributed by atoms with Crippen molar-refractivity contribution < 1.29 is 24.5 Å². The Hall–Kier alpha value is -0.730. The van der Waals surface area contributed by atoms with Gasteiger partial charge >= 0.3 is 0 Å². The fourth-order valence-corrected chi connectivity index (χ4v) is 2.36. The summed E-state index contributed by atoms with van der Waals surface area (Å²) in [5.41, 5.74) is 5.44. The highest BCUT2D eigenvalue weighted by Gasteiger charge is 2.49. The minimum Gasteiger partial charge on any atom is -0.388 e. The highest BCUT2D eigenvalue weighted by molar-refractivity contribution is 5.73. The van der Waals surface area contributed by atoms with Gasteiger partial charge in [0.05, 0.1) is 6.61 Å². The van der Waals surface area contributed by atoms with Crippen LogP contribution >= 0.6 is 0 Å². The van der Waals surface area contributed by atoms with Crippen LogP contribution in [0.3, 0.4) is 0 Å². The molecule has 0 saturated carbocycles. The van der Waals surface area contributed by atoms with Gasteiger partial charge in [-0.25, -0.2) is 0 Å². The Morgan fingerprint density at radius 3 is 2.76 bits per heavy atom. The molecule has 0 aromatic carbocycles. The van der Waals surface area contributed by atoms with Crippen molar-refractivity contribution in [1.82, 2.24) is 4.90 Å². The lowest BCUT2D eigenvalue weighted by molar-refractivity contribution is -0.295. The van der Waals surface area contributed by atoms with E-state index < -0.39 is 30.6 Å². The average molecular weight is 246 g/mol. The molecule has 0 aromatic rings. The highest BCUT2D eigenvalue weighted by atomic mass is 16.7. The second-order valence-corrected chi connectivity index (χ2v) is 4.33. The van der Waals surface area contributed by atoms with Gasteiger partial charge in [-0.1, -0.05) is 0 Å².